The normalized spacial score (nSPS) is 21.0. The fourth-order valence-electron chi connectivity index (χ4n) is 3.35. The van der Waals surface area contributed by atoms with E-state index < -0.39 is 0 Å². The van der Waals surface area contributed by atoms with Gasteiger partial charge in [-0.15, -0.1) is 0 Å². The Hall–Kier alpha value is -1.39. The number of ether oxygens (including phenoxy) is 2. The van der Waals surface area contributed by atoms with Crippen LogP contribution in [0.15, 0.2) is 24.3 Å². The average molecular weight is 289 g/mol. The van der Waals surface area contributed by atoms with E-state index >= 15 is 0 Å². The number of carbonyl (C=O) groups excluding carboxylic acids is 1. The molecule has 114 valence electrons. The summed E-state index contributed by atoms with van der Waals surface area (Å²) in [7, 11) is 1.74. The molecular formula is C17H23NO3. The van der Waals surface area contributed by atoms with Crippen LogP contribution < -0.4 is 5.32 Å². The van der Waals surface area contributed by atoms with Crippen molar-refractivity contribution >= 4 is 5.91 Å². The van der Waals surface area contributed by atoms with E-state index in [0.29, 0.717) is 19.8 Å². The van der Waals surface area contributed by atoms with Crippen molar-refractivity contribution < 1.29 is 14.3 Å². The summed E-state index contributed by atoms with van der Waals surface area (Å²) in [6, 6.07) is 8.42. The molecule has 4 nitrogen and oxygen atoms in total. The molecule has 1 N–H and O–H groups in total. The molecule has 1 aliphatic heterocycles. The quantitative estimate of drug-likeness (QED) is 0.918. The van der Waals surface area contributed by atoms with Gasteiger partial charge in [-0.3, -0.25) is 4.79 Å². The predicted octanol–water partition coefficient (Wildman–Crippen LogP) is 1.71. The molecule has 0 spiro atoms. The molecule has 3 rings (SSSR count). The van der Waals surface area contributed by atoms with Gasteiger partial charge in [0.05, 0.1) is 5.60 Å². The predicted molar refractivity (Wildman–Crippen MR) is 80.1 cm³/mol. The first-order valence-corrected chi connectivity index (χ1v) is 7.70. The van der Waals surface area contributed by atoms with E-state index in [1.807, 2.05) is 0 Å². The van der Waals surface area contributed by atoms with Crippen LogP contribution in [0.1, 0.15) is 24.0 Å². The Morgan fingerprint density at radius 1 is 1.29 bits per heavy atom. The van der Waals surface area contributed by atoms with Gasteiger partial charge in [0.15, 0.2) is 0 Å². The number of hydrogen-bond donors (Lipinski definition) is 1. The van der Waals surface area contributed by atoms with Gasteiger partial charge in [0, 0.05) is 45.6 Å². The largest absolute Gasteiger partial charge is 0.381 e. The van der Waals surface area contributed by atoms with Crippen molar-refractivity contribution in [2.75, 3.05) is 26.9 Å². The molecule has 1 heterocycles. The second-order valence-electron chi connectivity index (χ2n) is 6.11. The Morgan fingerprint density at radius 3 is 2.48 bits per heavy atom. The molecular weight excluding hydrogens is 266 g/mol. The van der Waals surface area contributed by atoms with Crippen molar-refractivity contribution in [1.82, 2.24) is 5.32 Å². The highest BCUT2D eigenvalue weighted by molar-refractivity contribution is 5.78. The summed E-state index contributed by atoms with van der Waals surface area (Å²) < 4.78 is 11.1. The molecule has 1 aromatic rings. The lowest BCUT2D eigenvalue weighted by atomic mass is 9.97. The number of carbonyl (C=O) groups is 1. The summed E-state index contributed by atoms with van der Waals surface area (Å²) in [4.78, 5) is 12.3. The van der Waals surface area contributed by atoms with Gasteiger partial charge >= 0.3 is 0 Å². The molecule has 4 heteroatoms. The summed E-state index contributed by atoms with van der Waals surface area (Å²) >= 11 is 0. The highest BCUT2D eigenvalue weighted by Crippen LogP contribution is 2.32. The van der Waals surface area contributed by atoms with E-state index in [-0.39, 0.29) is 17.4 Å². The van der Waals surface area contributed by atoms with E-state index in [4.69, 9.17) is 9.47 Å². The molecule has 1 aromatic carbocycles. The van der Waals surface area contributed by atoms with Crippen molar-refractivity contribution in [2.24, 2.45) is 5.92 Å². The molecule has 1 fully saturated rings. The first-order chi connectivity index (χ1) is 10.2. The molecule has 0 bridgehead atoms. The zero-order valence-electron chi connectivity index (χ0n) is 12.6. The van der Waals surface area contributed by atoms with Crippen LogP contribution in [0.3, 0.4) is 0 Å². The minimum absolute atomic E-state index is 0.0939. The summed E-state index contributed by atoms with van der Waals surface area (Å²) in [5, 5.41) is 3.10. The van der Waals surface area contributed by atoms with Crippen LogP contribution in [0.2, 0.25) is 0 Å². The third-order valence-corrected chi connectivity index (χ3v) is 4.75. The third-order valence-electron chi connectivity index (χ3n) is 4.75. The van der Waals surface area contributed by atoms with E-state index in [1.54, 1.807) is 7.11 Å². The van der Waals surface area contributed by atoms with Gasteiger partial charge in [-0.25, -0.2) is 0 Å². The number of benzene rings is 1. The molecule has 1 saturated heterocycles. The summed E-state index contributed by atoms with van der Waals surface area (Å²) in [6.45, 7) is 1.96. The topological polar surface area (TPSA) is 47.6 Å². The van der Waals surface area contributed by atoms with E-state index in [0.717, 1.165) is 25.7 Å². The summed E-state index contributed by atoms with van der Waals surface area (Å²) in [5.41, 5.74) is 2.38. The van der Waals surface area contributed by atoms with Gasteiger partial charge in [0.25, 0.3) is 0 Å². The van der Waals surface area contributed by atoms with Crippen LogP contribution >= 0.6 is 0 Å². The molecule has 21 heavy (non-hydrogen) atoms. The minimum atomic E-state index is -0.287. The van der Waals surface area contributed by atoms with Gasteiger partial charge in [0.2, 0.25) is 5.91 Å². The van der Waals surface area contributed by atoms with Gasteiger partial charge in [-0.1, -0.05) is 24.3 Å². The molecule has 0 aromatic heterocycles. The lowest BCUT2D eigenvalue weighted by molar-refractivity contribution is -0.129. The van der Waals surface area contributed by atoms with E-state index in [2.05, 4.69) is 29.6 Å². The molecule has 1 amide bonds. The zero-order chi connectivity index (χ0) is 14.7. The second-order valence-corrected chi connectivity index (χ2v) is 6.11. The Balaban J connectivity index is 1.60. The maximum absolute atomic E-state index is 12.3. The maximum atomic E-state index is 12.3. The van der Waals surface area contributed by atoms with E-state index in [9.17, 15) is 4.79 Å². The van der Waals surface area contributed by atoms with Crippen molar-refractivity contribution in [3.8, 4) is 0 Å². The molecule has 0 radical (unpaired) electrons. The summed E-state index contributed by atoms with van der Waals surface area (Å²) in [6.07, 6.45) is 3.39. The monoisotopic (exact) mass is 289 g/mol. The Morgan fingerprint density at radius 2 is 1.90 bits per heavy atom. The molecule has 1 aliphatic carbocycles. The Labute approximate surface area is 125 Å². The number of methoxy groups -OCH3 is 1. The highest BCUT2D eigenvalue weighted by Gasteiger charge is 2.38. The second kappa shape index (κ2) is 6.16. The van der Waals surface area contributed by atoms with Crippen LogP contribution in [-0.2, 0) is 27.1 Å². The first kappa shape index (κ1) is 14.5. The van der Waals surface area contributed by atoms with Crippen LogP contribution in [0.25, 0.3) is 0 Å². The molecule has 0 saturated carbocycles. The lowest BCUT2D eigenvalue weighted by Gasteiger charge is -2.29. The van der Waals surface area contributed by atoms with Gasteiger partial charge in [-0.05, 0) is 24.0 Å². The van der Waals surface area contributed by atoms with Crippen molar-refractivity contribution in [3.63, 3.8) is 0 Å². The van der Waals surface area contributed by atoms with Crippen LogP contribution in [0, 0.1) is 5.92 Å². The van der Waals surface area contributed by atoms with Gasteiger partial charge in [-0.2, -0.15) is 0 Å². The standard InChI is InChI=1S/C17H23NO3/c1-20-17(10-14-4-2-3-5-15(14)11-17)12-18-16(19)13-6-8-21-9-7-13/h2-5,13H,6-12H2,1H3,(H,18,19). The van der Waals surface area contributed by atoms with Gasteiger partial charge in [0.1, 0.15) is 0 Å². The molecule has 2 aliphatic rings. The maximum Gasteiger partial charge on any atom is 0.223 e. The number of fused-ring (bicyclic) bond motifs is 1. The van der Waals surface area contributed by atoms with Crippen molar-refractivity contribution in [2.45, 2.75) is 31.3 Å². The minimum Gasteiger partial charge on any atom is -0.381 e. The van der Waals surface area contributed by atoms with Crippen LogP contribution in [-0.4, -0.2) is 38.4 Å². The van der Waals surface area contributed by atoms with Crippen LogP contribution in [0.5, 0.6) is 0 Å². The van der Waals surface area contributed by atoms with Crippen LogP contribution in [0.4, 0.5) is 0 Å². The smallest absolute Gasteiger partial charge is 0.223 e. The lowest BCUT2D eigenvalue weighted by Crippen LogP contribution is -2.47. The number of amides is 1. The number of rotatable bonds is 4. The van der Waals surface area contributed by atoms with Crippen molar-refractivity contribution in [1.29, 1.82) is 0 Å². The fraction of sp³-hybridized carbons (Fsp3) is 0.588. The van der Waals surface area contributed by atoms with Gasteiger partial charge < -0.3 is 14.8 Å². The number of hydrogen-bond acceptors (Lipinski definition) is 3. The number of nitrogens with one attached hydrogen (secondary N) is 1. The van der Waals surface area contributed by atoms with E-state index in [1.165, 1.54) is 11.1 Å². The average Bonchev–Trinajstić information content (AvgIpc) is 2.92. The first-order valence-electron chi connectivity index (χ1n) is 7.70. The van der Waals surface area contributed by atoms with Crippen molar-refractivity contribution in [3.05, 3.63) is 35.4 Å². The summed E-state index contributed by atoms with van der Waals surface area (Å²) in [5.74, 6) is 0.238. The molecule has 0 atom stereocenters. The zero-order valence-corrected chi connectivity index (χ0v) is 12.6. The fourth-order valence-corrected chi connectivity index (χ4v) is 3.35. The molecule has 0 unspecified atom stereocenters. The third kappa shape index (κ3) is 3.11. The Bertz CT molecular complexity index is 484. The SMILES string of the molecule is COC1(CNC(=O)C2CCOCC2)Cc2ccccc2C1. The Kier molecular flexibility index (Phi) is 4.27. The highest BCUT2D eigenvalue weighted by atomic mass is 16.5.